The standard InChI is InChI=1S/C16H23NS/c1-2-8-17-9-5-14-3-4-15(12-16(14)17)13-6-10-18-11-7-13/h3-4,12-13H,2,5-11H2,1H3. The minimum atomic E-state index is 0.820. The maximum atomic E-state index is 2.58. The largest absolute Gasteiger partial charge is 0.371 e. The summed E-state index contributed by atoms with van der Waals surface area (Å²) in [6, 6.07) is 7.29. The number of anilines is 1. The molecule has 2 heterocycles. The van der Waals surface area contributed by atoms with E-state index >= 15 is 0 Å². The molecule has 0 spiro atoms. The zero-order chi connectivity index (χ0) is 12.4. The SMILES string of the molecule is CCCN1CCc2ccc(C3CCSCC3)cc21. The van der Waals surface area contributed by atoms with Crippen LogP contribution < -0.4 is 4.90 Å². The van der Waals surface area contributed by atoms with Crippen molar-refractivity contribution in [3.63, 3.8) is 0 Å². The van der Waals surface area contributed by atoms with Crippen molar-refractivity contribution in [1.29, 1.82) is 0 Å². The van der Waals surface area contributed by atoms with Gasteiger partial charge >= 0.3 is 0 Å². The van der Waals surface area contributed by atoms with E-state index in [9.17, 15) is 0 Å². The van der Waals surface area contributed by atoms with Gasteiger partial charge in [0.15, 0.2) is 0 Å². The van der Waals surface area contributed by atoms with Gasteiger partial charge in [-0.05, 0) is 60.3 Å². The van der Waals surface area contributed by atoms with Gasteiger partial charge in [-0.3, -0.25) is 0 Å². The molecule has 1 nitrogen and oxygen atoms in total. The van der Waals surface area contributed by atoms with E-state index < -0.39 is 0 Å². The third-order valence-corrected chi connectivity index (χ3v) is 5.34. The second kappa shape index (κ2) is 5.56. The number of rotatable bonds is 3. The van der Waals surface area contributed by atoms with Gasteiger partial charge in [-0.25, -0.2) is 0 Å². The lowest BCUT2D eigenvalue weighted by molar-refractivity contribution is 0.637. The lowest BCUT2D eigenvalue weighted by Gasteiger charge is -2.24. The molecule has 2 aliphatic rings. The number of hydrogen-bond acceptors (Lipinski definition) is 2. The van der Waals surface area contributed by atoms with Crippen molar-refractivity contribution in [2.24, 2.45) is 0 Å². The Morgan fingerprint density at radius 3 is 2.89 bits per heavy atom. The predicted octanol–water partition coefficient (Wildman–Crippen LogP) is 4.07. The van der Waals surface area contributed by atoms with Crippen molar-refractivity contribution in [3.8, 4) is 0 Å². The summed E-state index contributed by atoms with van der Waals surface area (Å²) >= 11 is 2.12. The van der Waals surface area contributed by atoms with Crippen LogP contribution in [0.5, 0.6) is 0 Å². The first kappa shape index (κ1) is 12.4. The topological polar surface area (TPSA) is 3.24 Å². The van der Waals surface area contributed by atoms with Gasteiger partial charge in [0, 0.05) is 18.8 Å². The molecule has 1 aromatic rings. The Kier molecular flexibility index (Phi) is 3.83. The number of thioether (sulfide) groups is 1. The molecule has 2 aliphatic heterocycles. The molecule has 1 fully saturated rings. The van der Waals surface area contributed by atoms with Crippen molar-refractivity contribution in [2.75, 3.05) is 29.5 Å². The van der Waals surface area contributed by atoms with Gasteiger partial charge in [0.05, 0.1) is 0 Å². The summed E-state index contributed by atoms with van der Waals surface area (Å²) in [6.45, 7) is 4.73. The molecule has 3 rings (SSSR count). The van der Waals surface area contributed by atoms with Crippen LogP contribution in [-0.2, 0) is 6.42 Å². The minimum absolute atomic E-state index is 0.820. The Morgan fingerprint density at radius 2 is 2.11 bits per heavy atom. The fraction of sp³-hybridized carbons (Fsp3) is 0.625. The van der Waals surface area contributed by atoms with Crippen LogP contribution in [0.2, 0.25) is 0 Å². The van der Waals surface area contributed by atoms with Crippen LogP contribution in [0.1, 0.15) is 43.2 Å². The molecule has 0 saturated carbocycles. The highest BCUT2D eigenvalue weighted by atomic mass is 32.2. The van der Waals surface area contributed by atoms with E-state index in [1.165, 1.54) is 56.0 Å². The van der Waals surface area contributed by atoms with Crippen LogP contribution in [0.25, 0.3) is 0 Å². The summed E-state index contributed by atoms with van der Waals surface area (Å²) in [7, 11) is 0. The quantitative estimate of drug-likeness (QED) is 0.807. The average molecular weight is 261 g/mol. The second-order valence-corrected chi connectivity index (χ2v) is 6.74. The average Bonchev–Trinajstić information content (AvgIpc) is 2.83. The highest BCUT2D eigenvalue weighted by Crippen LogP contribution is 2.36. The monoisotopic (exact) mass is 261 g/mol. The third kappa shape index (κ3) is 2.40. The van der Waals surface area contributed by atoms with Crippen molar-refractivity contribution >= 4 is 17.4 Å². The molecular formula is C16H23NS. The second-order valence-electron chi connectivity index (χ2n) is 5.51. The van der Waals surface area contributed by atoms with E-state index in [1.54, 1.807) is 11.1 Å². The number of nitrogens with zero attached hydrogens (tertiary/aromatic N) is 1. The number of hydrogen-bond donors (Lipinski definition) is 0. The van der Waals surface area contributed by atoms with E-state index in [2.05, 4.69) is 41.8 Å². The van der Waals surface area contributed by atoms with Gasteiger partial charge < -0.3 is 4.90 Å². The Morgan fingerprint density at radius 1 is 1.28 bits per heavy atom. The first-order valence-electron chi connectivity index (χ1n) is 7.34. The molecule has 0 aromatic heterocycles. The molecule has 98 valence electrons. The summed E-state index contributed by atoms with van der Waals surface area (Å²) in [6.07, 6.45) is 5.24. The molecular weight excluding hydrogens is 238 g/mol. The Balaban J connectivity index is 1.83. The molecule has 2 heteroatoms. The molecule has 0 bridgehead atoms. The summed E-state index contributed by atoms with van der Waals surface area (Å²) in [4.78, 5) is 2.58. The summed E-state index contributed by atoms with van der Waals surface area (Å²) in [5, 5.41) is 0. The van der Waals surface area contributed by atoms with Crippen LogP contribution in [0.4, 0.5) is 5.69 Å². The van der Waals surface area contributed by atoms with E-state index in [4.69, 9.17) is 0 Å². The predicted molar refractivity (Wildman–Crippen MR) is 82.0 cm³/mol. The highest BCUT2D eigenvalue weighted by Gasteiger charge is 2.21. The van der Waals surface area contributed by atoms with Gasteiger partial charge in [-0.1, -0.05) is 19.1 Å². The number of benzene rings is 1. The van der Waals surface area contributed by atoms with E-state index in [1.807, 2.05) is 0 Å². The van der Waals surface area contributed by atoms with Crippen molar-refractivity contribution in [3.05, 3.63) is 29.3 Å². The van der Waals surface area contributed by atoms with Crippen LogP contribution in [-0.4, -0.2) is 24.6 Å². The van der Waals surface area contributed by atoms with Gasteiger partial charge in [-0.15, -0.1) is 0 Å². The Hall–Kier alpha value is -0.630. The normalized spacial score (nSPS) is 20.2. The molecule has 1 saturated heterocycles. The molecule has 1 aromatic carbocycles. The lowest BCUT2D eigenvalue weighted by atomic mass is 9.92. The van der Waals surface area contributed by atoms with Crippen molar-refractivity contribution in [1.82, 2.24) is 0 Å². The van der Waals surface area contributed by atoms with Gasteiger partial charge in [0.1, 0.15) is 0 Å². The molecule has 18 heavy (non-hydrogen) atoms. The summed E-state index contributed by atoms with van der Waals surface area (Å²) in [5.74, 6) is 3.52. The van der Waals surface area contributed by atoms with Crippen molar-refractivity contribution < 1.29 is 0 Å². The maximum Gasteiger partial charge on any atom is 0.0402 e. The van der Waals surface area contributed by atoms with Crippen LogP contribution in [0.3, 0.4) is 0 Å². The van der Waals surface area contributed by atoms with Crippen LogP contribution in [0, 0.1) is 0 Å². The zero-order valence-corrected chi connectivity index (χ0v) is 12.1. The van der Waals surface area contributed by atoms with Crippen molar-refractivity contribution in [2.45, 2.75) is 38.5 Å². The minimum Gasteiger partial charge on any atom is -0.371 e. The zero-order valence-electron chi connectivity index (χ0n) is 11.3. The van der Waals surface area contributed by atoms with Gasteiger partial charge in [0.25, 0.3) is 0 Å². The van der Waals surface area contributed by atoms with E-state index in [0.717, 1.165) is 5.92 Å². The molecule has 0 amide bonds. The lowest BCUT2D eigenvalue weighted by Crippen LogP contribution is -2.21. The molecule has 0 unspecified atom stereocenters. The summed E-state index contributed by atoms with van der Waals surface area (Å²) < 4.78 is 0. The summed E-state index contributed by atoms with van der Waals surface area (Å²) in [5.41, 5.74) is 4.70. The first-order chi connectivity index (χ1) is 8.88. The van der Waals surface area contributed by atoms with Crippen LogP contribution >= 0.6 is 11.8 Å². The van der Waals surface area contributed by atoms with E-state index in [-0.39, 0.29) is 0 Å². The van der Waals surface area contributed by atoms with Crippen LogP contribution in [0.15, 0.2) is 18.2 Å². The Bertz CT molecular complexity index is 408. The van der Waals surface area contributed by atoms with Gasteiger partial charge in [-0.2, -0.15) is 11.8 Å². The Labute approximate surface area is 115 Å². The fourth-order valence-corrected chi connectivity index (χ4v) is 4.36. The highest BCUT2D eigenvalue weighted by molar-refractivity contribution is 7.99. The number of fused-ring (bicyclic) bond motifs is 1. The molecule has 0 atom stereocenters. The molecule has 0 radical (unpaired) electrons. The first-order valence-corrected chi connectivity index (χ1v) is 8.49. The van der Waals surface area contributed by atoms with Gasteiger partial charge in [0.2, 0.25) is 0 Å². The third-order valence-electron chi connectivity index (χ3n) is 4.29. The molecule has 0 aliphatic carbocycles. The maximum absolute atomic E-state index is 2.58. The smallest absolute Gasteiger partial charge is 0.0402 e. The van der Waals surface area contributed by atoms with E-state index in [0.29, 0.717) is 0 Å². The fourth-order valence-electron chi connectivity index (χ4n) is 3.25. The molecule has 0 N–H and O–H groups in total.